The zero-order valence-electron chi connectivity index (χ0n) is 29.6. The maximum absolute atomic E-state index is 15.4. The van der Waals surface area contributed by atoms with Crippen LogP contribution in [0.25, 0.3) is 0 Å². The second-order valence-corrected chi connectivity index (χ2v) is 16.5. The van der Waals surface area contributed by atoms with Crippen LogP contribution in [0.2, 0.25) is 0 Å². The van der Waals surface area contributed by atoms with Crippen molar-refractivity contribution < 1.29 is 45.4 Å². The molecule has 4 aromatic rings. The number of nitrogens with zero attached hydrogens (tertiary/aromatic N) is 2. The number of carbonyl (C=O) groups excluding carboxylic acids is 1. The van der Waals surface area contributed by atoms with Crippen molar-refractivity contribution in [3.8, 4) is 5.75 Å². The van der Waals surface area contributed by atoms with Gasteiger partial charge < -0.3 is 14.7 Å². The molecule has 0 bridgehead atoms. The van der Waals surface area contributed by atoms with Crippen LogP contribution in [0.5, 0.6) is 5.75 Å². The number of alkyl halides is 1. The number of benzene rings is 3. The van der Waals surface area contributed by atoms with Crippen molar-refractivity contribution in [3.05, 3.63) is 117 Å². The number of hydrogen-bond donors (Lipinski definition) is 2. The average molecular weight is 821 g/mol. The van der Waals surface area contributed by atoms with E-state index >= 15 is 17.6 Å². The van der Waals surface area contributed by atoms with Crippen molar-refractivity contribution in [2.24, 2.45) is 0 Å². The zero-order chi connectivity index (χ0) is 39.0. The van der Waals surface area contributed by atoms with Crippen molar-refractivity contribution in [2.75, 3.05) is 22.0 Å². The average Bonchev–Trinajstić information content (AvgIpc) is 3.94. The molecule has 1 saturated carbocycles. The van der Waals surface area contributed by atoms with Crippen molar-refractivity contribution in [1.82, 2.24) is 4.98 Å². The predicted octanol–water partition coefficient (Wildman–Crippen LogP) is 8.68. The second kappa shape index (κ2) is 15.5. The number of aromatic carboxylic acids is 1. The molecule has 0 saturated heterocycles. The molecule has 1 aliphatic rings. The lowest BCUT2D eigenvalue weighted by Crippen LogP contribution is -2.37. The lowest BCUT2D eigenvalue weighted by Gasteiger charge is -2.27. The minimum Gasteiger partial charge on any atom is -0.492 e. The van der Waals surface area contributed by atoms with Gasteiger partial charge in [0, 0.05) is 18.0 Å². The molecule has 5 rings (SSSR count). The number of anilines is 2. The van der Waals surface area contributed by atoms with Gasteiger partial charge in [-0.25, -0.2) is 30.8 Å². The fourth-order valence-corrected chi connectivity index (χ4v) is 7.74. The minimum atomic E-state index is -5.05. The lowest BCUT2D eigenvalue weighted by atomic mass is 9.84. The molecule has 1 aromatic heterocycles. The minimum absolute atomic E-state index is 0.0269. The summed E-state index contributed by atoms with van der Waals surface area (Å²) in [6.07, 6.45) is 4.65. The highest BCUT2D eigenvalue weighted by Crippen LogP contribution is 2.43. The number of nitrogens with one attached hydrogen (secondary N) is 1. The van der Waals surface area contributed by atoms with E-state index in [1.165, 1.54) is 41.4 Å². The SMILES string of the molecule is CCOc1cc(C(=O)O)ccc1N(Cc1cc(C2CC2)cc(C(C)(C)C)c1)C(=O)CS(=O)(=O)Nc1c(F)c(F)c(C(Br)c2cnccc2C)c(F)c1F. The van der Waals surface area contributed by atoms with Gasteiger partial charge in [-0.2, -0.15) is 0 Å². The first-order valence-electron chi connectivity index (χ1n) is 16.7. The van der Waals surface area contributed by atoms with Gasteiger partial charge in [0.1, 0.15) is 17.2 Å². The molecule has 1 aliphatic carbocycles. The summed E-state index contributed by atoms with van der Waals surface area (Å²) in [6, 6.07) is 11.1. The highest BCUT2D eigenvalue weighted by molar-refractivity contribution is 9.09. The number of carbonyl (C=O) groups is 2. The molecule has 0 aliphatic heterocycles. The fraction of sp³-hybridized carbons (Fsp3) is 0.342. The van der Waals surface area contributed by atoms with Gasteiger partial charge in [-0.1, -0.05) is 54.9 Å². The Morgan fingerprint density at radius 3 is 2.26 bits per heavy atom. The van der Waals surface area contributed by atoms with E-state index in [4.69, 9.17) is 4.74 Å². The van der Waals surface area contributed by atoms with Crippen LogP contribution in [0.15, 0.2) is 54.9 Å². The molecule has 282 valence electrons. The first kappa shape index (κ1) is 39.7. The number of sulfonamides is 1. The van der Waals surface area contributed by atoms with Gasteiger partial charge in [-0.05, 0) is 90.1 Å². The predicted molar refractivity (Wildman–Crippen MR) is 196 cm³/mol. The van der Waals surface area contributed by atoms with E-state index in [2.05, 4.69) is 27.0 Å². The van der Waals surface area contributed by atoms with Gasteiger partial charge in [-0.15, -0.1) is 0 Å². The quantitative estimate of drug-likeness (QED) is 0.0786. The van der Waals surface area contributed by atoms with Gasteiger partial charge in [0.2, 0.25) is 15.9 Å². The molecule has 1 fully saturated rings. The first-order valence-corrected chi connectivity index (χ1v) is 19.3. The standard InChI is InChI=1S/C38H38BrF4N3O6S/c1-6-52-28-16-23(37(48)49)9-10-27(28)46(18-21-13-24(22-7-8-22)15-25(14-21)38(3,4)5)29(47)19-53(50,51)45-36-34(42)32(40)30(33(41)35(36)43)31(39)26-17-44-12-11-20(26)2/h9-17,22,31,45H,6-8,18-19H2,1-5H3,(H,48,49). The molecule has 0 spiro atoms. The molecule has 1 amide bonds. The highest BCUT2D eigenvalue weighted by Gasteiger charge is 2.34. The van der Waals surface area contributed by atoms with Gasteiger partial charge in [0.15, 0.2) is 23.3 Å². The highest BCUT2D eigenvalue weighted by atomic mass is 79.9. The number of aryl methyl sites for hydroxylation is 1. The van der Waals surface area contributed by atoms with E-state index in [9.17, 15) is 23.1 Å². The number of carboxylic acid groups (broad SMARTS) is 1. The normalized spacial score (nSPS) is 13.8. The monoisotopic (exact) mass is 819 g/mol. The number of carboxylic acids is 1. The Morgan fingerprint density at radius 1 is 1.04 bits per heavy atom. The smallest absolute Gasteiger partial charge is 0.335 e. The van der Waals surface area contributed by atoms with Gasteiger partial charge >= 0.3 is 5.97 Å². The van der Waals surface area contributed by atoms with E-state index in [1.54, 1.807) is 13.8 Å². The molecular weight excluding hydrogens is 782 g/mol. The van der Waals surface area contributed by atoms with Crippen molar-refractivity contribution in [2.45, 2.75) is 70.2 Å². The molecule has 15 heteroatoms. The Balaban J connectivity index is 1.53. The summed E-state index contributed by atoms with van der Waals surface area (Å²) in [5, 5.41) is 9.60. The molecule has 2 N–H and O–H groups in total. The number of halogens is 5. The van der Waals surface area contributed by atoms with Crippen LogP contribution in [0.4, 0.5) is 28.9 Å². The summed E-state index contributed by atoms with van der Waals surface area (Å²) in [7, 11) is -5.05. The Kier molecular flexibility index (Phi) is 11.6. The first-order chi connectivity index (χ1) is 24.8. The van der Waals surface area contributed by atoms with Crippen LogP contribution in [0, 0.1) is 30.2 Å². The number of amides is 1. The lowest BCUT2D eigenvalue weighted by molar-refractivity contribution is -0.116. The summed E-state index contributed by atoms with van der Waals surface area (Å²) in [5.74, 6) is -11.3. The van der Waals surface area contributed by atoms with Crippen molar-refractivity contribution in [3.63, 3.8) is 0 Å². The molecule has 9 nitrogen and oxygen atoms in total. The van der Waals surface area contributed by atoms with E-state index in [1.807, 2.05) is 32.9 Å². The molecule has 1 atom stereocenters. The van der Waals surface area contributed by atoms with Crippen molar-refractivity contribution >= 4 is 49.2 Å². The van der Waals surface area contributed by atoms with Crippen LogP contribution in [0.1, 0.15) is 95.0 Å². The third-order valence-corrected chi connectivity index (χ3v) is 10.9. The van der Waals surface area contributed by atoms with Crippen LogP contribution in [-0.4, -0.2) is 42.7 Å². The topological polar surface area (TPSA) is 126 Å². The summed E-state index contributed by atoms with van der Waals surface area (Å²) in [4.78, 5) is 29.4. The van der Waals surface area contributed by atoms with E-state index in [0.717, 1.165) is 28.9 Å². The summed E-state index contributed by atoms with van der Waals surface area (Å²) in [6.45, 7) is 9.16. The molecule has 0 radical (unpaired) electrons. The van der Waals surface area contributed by atoms with Crippen LogP contribution in [-0.2, 0) is 26.8 Å². The van der Waals surface area contributed by atoms with Crippen LogP contribution < -0.4 is 14.4 Å². The summed E-state index contributed by atoms with van der Waals surface area (Å²) >= 11 is 3.07. The number of ether oxygens (including phenoxy) is 1. The van der Waals surface area contributed by atoms with Crippen LogP contribution >= 0.6 is 15.9 Å². The van der Waals surface area contributed by atoms with Gasteiger partial charge in [0.05, 0.1) is 29.2 Å². The zero-order valence-corrected chi connectivity index (χ0v) is 32.0. The Hall–Kier alpha value is -4.50. The molecule has 53 heavy (non-hydrogen) atoms. The maximum Gasteiger partial charge on any atom is 0.335 e. The number of rotatable bonds is 13. The van der Waals surface area contributed by atoms with E-state index in [0.29, 0.717) is 17.0 Å². The fourth-order valence-electron chi connectivity index (χ4n) is 5.82. The number of pyridine rings is 1. The largest absolute Gasteiger partial charge is 0.492 e. The van der Waals surface area contributed by atoms with Gasteiger partial charge in [0.25, 0.3) is 0 Å². The third-order valence-electron chi connectivity index (χ3n) is 8.84. The molecule has 1 heterocycles. The summed E-state index contributed by atoms with van der Waals surface area (Å²) in [5.41, 5.74) is 0.254. The van der Waals surface area contributed by atoms with E-state index in [-0.39, 0.29) is 41.1 Å². The molecule has 3 aromatic carbocycles. The Labute approximate surface area is 313 Å². The maximum atomic E-state index is 15.4. The number of aromatic nitrogens is 1. The van der Waals surface area contributed by atoms with E-state index < -0.39 is 67.0 Å². The third kappa shape index (κ3) is 8.84. The van der Waals surface area contributed by atoms with Crippen LogP contribution in [0.3, 0.4) is 0 Å². The van der Waals surface area contributed by atoms with Gasteiger partial charge in [-0.3, -0.25) is 14.5 Å². The summed E-state index contributed by atoms with van der Waals surface area (Å²) < 4.78 is 95.8. The Bertz CT molecular complexity index is 2160. The van der Waals surface area contributed by atoms with Crippen molar-refractivity contribution in [1.29, 1.82) is 0 Å². The molecule has 1 unspecified atom stereocenters. The second-order valence-electron chi connectivity index (χ2n) is 13.9. The number of hydrogen-bond acceptors (Lipinski definition) is 6. The molecular formula is C38H38BrF4N3O6S. The Morgan fingerprint density at radius 2 is 1.70 bits per heavy atom.